The van der Waals surface area contributed by atoms with Crippen LogP contribution < -0.4 is 11.0 Å². The van der Waals surface area contributed by atoms with E-state index in [4.69, 9.17) is 11.6 Å². The molecule has 0 bridgehead atoms. The molecule has 1 heterocycles. The van der Waals surface area contributed by atoms with Crippen LogP contribution in [0, 0.1) is 12.7 Å². The van der Waals surface area contributed by atoms with Gasteiger partial charge in [0.2, 0.25) is 5.91 Å². The number of aryl methyl sites for hydroxylation is 1. The first-order valence-corrected chi connectivity index (χ1v) is 9.62. The topological polar surface area (TPSA) is 64.0 Å². The maximum Gasteiger partial charge on any atom is 0.349 e. The third-order valence-corrected chi connectivity index (χ3v) is 5.03. The van der Waals surface area contributed by atoms with E-state index in [1.165, 1.54) is 10.6 Å². The van der Waals surface area contributed by atoms with Gasteiger partial charge in [-0.25, -0.2) is 9.18 Å². The molecule has 0 aliphatic rings. The molecule has 0 aliphatic heterocycles. The molecule has 0 atom stereocenters. The zero-order valence-electron chi connectivity index (χ0n) is 16.0. The number of carbonyl (C=O) groups excluding carboxylic acids is 1. The Hall–Kier alpha value is -3.51. The minimum absolute atomic E-state index is 0.186. The molecule has 0 saturated heterocycles. The van der Waals surface area contributed by atoms with Gasteiger partial charge in [-0.05, 0) is 48.9 Å². The molecule has 7 heteroatoms. The number of nitrogens with zero attached hydrogens (tertiary/aromatic N) is 2. The molecule has 0 saturated carbocycles. The van der Waals surface area contributed by atoms with Crippen LogP contribution in [0.5, 0.6) is 0 Å². The summed E-state index contributed by atoms with van der Waals surface area (Å²) < 4.78 is 15.6. The number of para-hydroxylation sites is 1. The summed E-state index contributed by atoms with van der Waals surface area (Å²) in [7, 11) is 0. The summed E-state index contributed by atoms with van der Waals surface area (Å²) in [5, 5.41) is 3.70. The van der Waals surface area contributed by atoms with Gasteiger partial charge < -0.3 is 5.32 Å². The quantitative estimate of drug-likeness (QED) is 0.514. The Balaban J connectivity index is 1.80. The monoisotopic (exact) mass is 421 g/mol. The molecule has 1 N–H and O–H groups in total. The van der Waals surface area contributed by atoms with Gasteiger partial charge in [0.05, 0.1) is 11.2 Å². The number of halogens is 2. The van der Waals surface area contributed by atoms with Crippen LogP contribution in [-0.4, -0.2) is 15.5 Å². The van der Waals surface area contributed by atoms with Crippen molar-refractivity contribution in [3.63, 3.8) is 0 Å². The van der Waals surface area contributed by atoms with E-state index in [0.717, 1.165) is 5.56 Å². The Bertz CT molecular complexity index is 1330. The number of rotatable bonds is 4. The van der Waals surface area contributed by atoms with Crippen LogP contribution in [0.1, 0.15) is 5.56 Å². The zero-order valence-corrected chi connectivity index (χ0v) is 16.8. The lowest BCUT2D eigenvalue weighted by atomic mass is 10.1. The van der Waals surface area contributed by atoms with E-state index in [9.17, 15) is 14.0 Å². The first-order chi connectivity index (χ1) is 14.4. The summed E-state index contributed by atoms with van der Waals surface area (Å²) in [6.45, 7) is 1.64. The average Bonchev–Trinajstić information content (AvgIpc) is 2.72. The van der Waals surface area contributed by atoms with E-state index >= 15 is 0 Å². The van der Waals surface area contributed by atoms with E-state index in [0.29, 0.717) is 21.6 Å². The van der Waals surface area contributed by atoms with E-state index < -0.39 is 11.5 Å². The van der Waals surface area contributed by atoms with E-state index in [2.05, 4.69) is 10.3 Å². The highest BCUT2D eigenvalue weighted by Crippen LogP contribution is 2.29. The van der Waals surface area contributed by atoms with Gasteiger partial charge in [-0.2, -0.15) is 4.98 Å². The summed E-state index contributed by atoms with van der Waals surface area (Å²) in [6.07, 6.45) is 0. The molecule has 4 aromatic rings. The van der Waals surface area contributed by atoms with Gasteiger partial charge in [-0.15, -0.1) is 0 Å². The molecular formula is C23H17ClFN3O2. The number of anilines is 1. The molecule has 0 fully saturated rings. The molecule has 5 nitrogen and oxygen atoms in total. The average molecular weight is 422 g/mol. The van der Waals surface area contributed by atoms with E-state index in [1.54, 1.807) is 42.5 Å². The van der Waals surface area contributed by atoms with Gasteiger partial charge in [0.15, 0.2) is 0 Å². The van der Waals surface area contributed by atoms with Crippen LogP contribution in [0.4, 0.5) is 10.1 Å². The van der Waals surface area contributed by atoms with Gasteiger partial charge in [0, 0.05) is 21.7 Å². The van der Waals surface area contributed by atoms with Crippen LogP contribution >= 0.6 is 11.6 Å². The number of benzene rings is 3. The Labute approximate surface area is 176 Å². The SMILES string of the molecule is Cc1ccccc1NC(=O)Cn1c(=O)nc(-c2ccccc2F)c2cc(Cl)ccc21. The van der Waals surface area contributed by atoms with Crippen LogP contribution in [0.3, 0.4) is 0 Å². The maximum atomic E-state index is 14.4. The van der Waals surface area contributed by atoms with Gasteiger partial charge in [-0.1, -0.05) is 41.9 Å². The van der Waals surface area contributed by atoms with Crippen molar-refractivity contribution in [1.29, 1.82) is 0 Å². The smallest absolute Gasteiger partial charge is 0.324 e. The molecule has 0 radical (unpaired) electrons. The normalized spacial score (nSPS) is 10.9. The highest BCUT2D eigenvalue weighted by atomic mass is 35.5. The first-order valence-electron chi connectivity index (χ1n) is 9.24. The lowest BCUT2D eigenvalue weighted by molar-refractivity contribution is -0.116. The van der Waals surface area contributed by atoms with Crippen molar-refractivity contribution in [1.82, 2.24) is 9.55 Å². The molecule has 1 aromatic heterocycles. The molecule has 3 aromatic carbocycles. The number of fused-ring (bicyclic) bond motifs is 1. The zero-order chi connectivity index (χ0) is 21.3. The second-order valence-corrected chi connectivity index (χ2v) is 7.27. The van der Waals surface area contributed by atoms with Crippen LogP contribution in [-0.2, 0) is 11.3 Å². The standard InChI is InChI=1S/C23H17ClFN3O2/c1-14-6-2-5-9-19(14)26-21(29)13-28-20-11-10-15(24)12-17(20)22(27-23(28)30)16-7-3-4-8-18(16)25/h2-12H,13H2,1H3,(H,26,29). The van der Waals surface area contributed by atoms with Crippen molar-refractivity contribution in [2.24, 2.45) is 0 Å². The maximum absolute atomic E-state index is 14.4. The van der Waals surface area contributed by atoms with Crippen LogP contribution in [0.2, 0.25) is 5.02 Å². The van der Waals surface area contributed by atoms with Gasteiger partial charge >= 0.3 is 5.69 Å². The Morgan fingerprint density at radius 2 is 1.83 bits per heavy atom. The van der Waals surface area contributed by atoms with Crippen molar-refractivity contribution >= 4 is 34.1 Å². The predicted molar refractivity (Wildman–Crippen MR) is 116 cm³/mol. The van der Waals surface area contributed by atoms with E-state index in [1.807, 2.05) is 25.1 Å². The highest BCUT2D eigenvalue weighted by Gasteiger charge is 2.17. The molecular weight excluding hydrogens is 405 g/mol. The van der Waals surface area contributed by atoms with E-state index in [-0.39, 0.29) is 23.7 Å². The molecule has 30 heavy (non-hydrogen) atoms. The number of carbonyl (C=O) groups is 1. The summed E-state index contributed by atoms with van der Waals surface area (Å²) in [5.74, 6) is -0.871. The number of amides is 1. The lowest BCUT2D eigenvalue weighted by Crippen LogP contribution is -2.30. The minimum Gasteiger partial charge on any atom is -0.324 e. The molecule has 4 rings (SSSR count). The van der Waals surface area contributed by atoms with Gasteiger partial charge in [0.1, 0.15) is 12.4 Å². The fraction of sp³-hybridized carbons (Fsp3) is 0.0870. The Kier molecular flexibility index (Phi) is 5.33. The highest BCUT2D eigenvalue weighted by molar-refractivity contribution is 6.31. The second kappa shape index (κ2) is 8.08. The van der Waals surface area contributed by atoms with Gasteiger partial charge in [-0.3, -0.25) is 9.36 Å². The largest absolute Gasteiger partial charge is 0.349 e. The van der Waals surface area contributed by atoms with Crippen molar-refractivity contribution in [3.8, 4) is 11.3 Å². The molecule has 0 spiro atoms. The molecule has 150 valence electrons. The summed E-state index contributed by atoms with van der Waals surface area (Å²) in [4.78, 5) is 29.5. The second-order valence-electron chi connectivity index (χ2n) is 6.83. The van der Waals surface area contributed by atoms with Crippen LogP contribution in [0.15, 0.2) is 71.5 Å². The summed E-state index contributed by atoms with van der Waals surface area (Å²) in [6, 6.07) is 18.3. The number of nitrogens with one attached hydrogen (secondary N) is 1. The molecule has 0 aliphatic carbocycles. The third kappa shape index (κ3) is 3.82. The van der Waals surface area contributed by atoms with Crippen molar-refractivity contribution in [2.45, 2.75) is 13.5 Å². The number of aromatic nitrogens is 2. The molecule has 1 amide bonds. The lowest BCUT2D eigenvalue weighted by Gasteiger charge is -2.14. The van der Waals surface area contributed by atoms with Gasteiger partial charge in [0.25, 0.3) is 0 Å². The van der Waals surface area contributed by atoms with Crippen LogP contribution in [0.25, 0.3) is 22.2 Å². The number of hydrogen-bond donors (Lipinski definition) is 1. The fourth-order valence-corrected chi connectivity index (χ4v) is 3.48. The third-order valence-electron chi connectivity index (χ3n) is 4.79. The predicted octanol–water partition coefficient (Wildman–Crippen LogP) is 4.80. The summed E-state index contributed by atoms with van der Waals surface area (Å²) in [5.41, 5.74) is 1.74. The van der Waals surface area contributed by atoms with Crippen molar-refractivity contribution < 1.29 is 9.18 Å². The Morgan fingerprint density at radius 1 is 1.10 bits per heavy atom. The Morgan fingerprint density at radius 3 is 2.60 bits per heavy atom. The van der Waals surface area contributed by atoms with Crippen molar-refractivity contribution in [2.75, 3.05) is 5.32 Å². The number of hydrogen-bond acceptors (Lipinski definition) is 3. The fourth-order valence-electron chi connectivity index (χ4n) is 3.31. The molecule has 0 unspecified atom stereocenters. The summed E-state index contributed by atoms with van der Waals surface area (Å²) >= 11 is 6.15. The van der Waals surface area contributed by atoms with Crippen molar-refractivity contribution in [3.05, 3.63) is 93.6 Å². The first kappa shape index (κ1) is 19.8. The minimum atomic E-state index is -0.650.